The molecule has 2 rings (SSSR count). The van der Waals surface area contributed by atoms with E-state index >= 15 is 0 Å². The van der Waals surface area contributed by atoms with Crippen LogP contribution < -0.4 is 11.1 Å². The Morgan fingerprint density at radius 3 is 2.79 bits per heavy atom. The number of aromatic nitrogens is 1. The molecule has 98 valence electrons. The molecule has 0 spiro atoms. The Hall–Kier alpha value is -2.36. The van der Waals surface area contributed by atoms with Gasteiger partial charge in [-0.2, -0.15) is 0 Å². The quantitative estimate of drug-likeness (QED) is 0.886. The minimum Gasteiger partial charge on any atom is -0.384 e. The number of nitrogen functional groups attached to an aromatic ring is 1. The maximum Gasteiger partial charge on any atom is 0.255 e. The lowest BCUT2D eigenvalue weighted by Crippen LogP contribution is -2.13. The number of rotatable bonds is 3. The molecule has 1 aromatic carbocycles. The van der Waals surface area contributed by atoms with Gasteiger partial charge in [0.1, 0.15) is 5.82 Å². The molecule has 0 aliphatic rings. The van der Waals surface area contributed by atoms with E-state index in [0.29, 0.717) is 11.4 Å². The van der Waals surface area contributed by atoms with Gasteiger partial charge in [-0.1, -0.05) is 19.1 Å². The highest BCUT2D eigenvalue weighted by molar-refractivity contribution is 6.04. The van der Waals surface area contributed by atoms with Crippen LogP contribution in [0.4, 0.5) is 11.5 Å². The number of hydrogen-bond acceptors (Lipinski definition) is 3. The van der Waals surface area contributed by atoms with Gasteiger partial charge in [-0.05, 0) is 43.2 Å². The van der Waals surface area contributed by atoms with E-state index in [1.165, 1.54) is 5.56 Å². The molecule has 4 nitrogen and oxygen atoms in total. The summed E-state index contributed by atoms with van der Waals surface area (Å²) in [5.41, 5.74) is 8.87. The first-order chi connectivity index (χ1) is 9.08. The summed E-state index contributed by atoms with van der Waals surface area (Å²) in [5, 5.41) is 2.87. The van der Waals surface area contributed by atoms with Crippen LogP contribution in [0.1, 0.15) is 28.5 Å². The fraction of sp³-hybridized carbons (Fsp3) is 0.200. The molecule has 0 aliphatic heterocycles. The molecule has 3 N–H and O–H groups in total. The van der Waals surface area contributed by atoms with Gasteiger partial charge in [0, 0.05) is 16.9 Å². The molecule has 0 atom stereocenters. The molecule has 0 saturated carbocycles. The average molecular weight is 255 g/mol. The Labute approximate surface area is 112 Å². The molecule has 1 heterocycles. The Balaban J connectivity index is 2.20. The largest absolute Gasteiger partial charge is 0.384 e. The van der Waals surface area contributed by atoms with Gasteiger partial charge in [-0.15, -0.1) is 0 Å². The second-order valence-electron chi connectivity index (χ2n) is 4.43. The molecule has 0 unspecified atom stereocenters. The van der Waals surface area contributed by atoms with Crippen molar-refractivity contribution in [2.45, 2.75) is 20.3 Å². The Bertz CT molecular complexity index is 588. The fourth-order valence-electron chi connectivity index (χ4n) is 1.90. The van der Waals surface area contributed by atoms with Crippen molar-refractivity contribution < 1.29 is 4.79 Å². The van der Waals surface area contributed by atoms with Gasteiger partial charge in [-0.25, -0.2) is 4.98 Å². The summed E-state index contributed by atoms with van der Waals surface area (Å²) in [6.45, 7) is 3.89. The number of anilines is 2. The second-order valence-corrected chi connectivity index (χ2v) is 4.43. The van der Waals surface area contributed by atoms with E-state index in [9.17, 15) is 4.79 Å². The molecule has 1 amide bonds. The number of hydrogen-bond donors (Lipinski definition) is 2. The molecule has 1 aromatic heterocycles. The lowest BCUT2D eigenvalue weighted by Gasteiger charge is -2.07. The fourth-order valence-corrected chi connectivity index (χ4v) is 1.90. The van der Waals surface area contributed by atoms with Crippen LogP contribution in [0.3, 0.4) is 0 Å². The predicted octanol–water partition coefficient (Wildman–Crippen LogP) is 2.79. The minimum atomic E-state index is -0.176. The highest BCUT2D eigenvalue weighted by Gasteiger charge is 2.08. The van der Waals surface area contributed by atoms with Gasteiger partial charge < -0.3 is 11.1 Å². The number of nitrogens with zero attached hydrogens (tertiary/aromatic N) is 1. The van der Waals surface area contributed by atoms with Crippen LogP contribution in [0.2, 0.25) is 0 Å². The van der Waals surface area contributed by atoms with Crippen LogP contribution in [0.15, 0.2) is 36.4 Å². The first kappa shape index (κ1) is 13.1. The summed E-state index contributed by atoms with van der Waals surface area (Å²) in [6, 6.07) is 11.1. The molecular formula is C15H17N3O. The maximum atomic E-state index is 12.1. The summed E-state index contributed by atoms with van der Waals surface area (Å²) in [5.74, 6) is 0.179. The van der Waals surface area contributed by atoms with Crippen LogP contribution in [-0.2, 0) is 6.42 Å². The van der Waals surface area contributed by atoms with Crippen LogP contribution in [-0.4, -0.2) is 10.9 Å². The molecule has 2 aromatic rings. The van der Waals surface area contributed by atoms with Crippen molar-refractivity contribution in [3.8, 4) is 0 Å². The van der Waals surface area contributed by atoms with E-state index in [2.05, 4.69) is 17.2 Å². The number of benzene rings is 1. The molecule has 0 bridgehead atoms. The maximum absolute atomic E-state index is 12.1. The Morgan fingerprint density at radius 2 is 2.11 bits per heavy atom. The molecule has 0 radical (unpaired) electrons. The third-order valence-corrected chi connectivity index (χ3v) is 2.83. The lowest BCUT2D eigenvalue weighted by molar-refractivity contribution is 0.102. The van der Waals surface area contributed by atoms with Gasteiger partial charge in [-0.3, -0.25) is 4.79 Å². The third-order valence-electron chi connectivity index (χ3n) is 2.83. The van der Waals surface area contributed by atoms with E-state index in [4.69, 9.17) is 5.73 Å². The normalized spacial score (nSPS) is 10.2. The van der Waals surface area contributed by atoms with Gasteiger partial charge in [0.05, 0.1) is 0 Å². The van der Waals surface area contributed by atoms with Crippen molar-refractivity contribution in [2.75, 3.05) is 11.1 Å². The number of carbonyl (C=O) groups excluding carboxylic acids is 1. The topological polar surface area (TPSA) is 68.0 Å². The average Bonchev–Trinajstić information content (AvgIpc) is 2.37. The van der Waals surface area contributed by atoms with Gasteiger partial charge in [0.2, 0.25) is 0 Å². The van der Waals surface area contributed by atoms with E-state index in [1.807, 2.05) is 31.2 Å². The zero-order valence-electron chi connectivity index (χ0n) is 11.1. The van der Waals surface area contributed by atoms with Crippen molar-refractivity contribution in [1.29, 1.82) is 0 Å². The third kappa shape index (κ3) is 3.31. The molecule has 4 heteroatoms. The molecule has 0 fully saturated rings. The van der Waals surface area contributed by atoms with Gasteiger partial charge in [0.25, 0.3) is 5.91 Å². The van der Waals surface area contributed by atoms with Crippen LogP contribution >= 0.6 is 0 Å². The summed E-state index contributed by atoms with van der Waals surface area (Å²) >= 11 is 0. The van der Waals surface area contributed by atoms with Crippen LogP contribution in [0.25, 0.3) is 0 Å². The van der Waals surface area contributed by atoms with Crippen LogP contribution in [0.5, 0.6) is 0 Å². The molecule has 0 saturated heterocycles. The van der Waals surface area contributed by atoms with Crippen molar-refractivity contribution in [3.05, 3.63) is 53.2 Å². The summed E-state index contributed by atoms with van der Waals surface area (Å²) < 4.78 is 0. The standard InChI is InChI=1S/C15H17N3O/c1-3-11-5-4-6-13(8-11)18-15(19)12-7-10(2)17-14(16)9-12/h4-9H,3H2,1-2H3,(H2,16,17)(H,18,19). The van der Waals surface area contributed by atoms with E-state index < -0.39 is 0 Å². The summed E-state index contributed by atoms with van der Waals surface area (Å²) in [4.78, 5) is 16.2. The summed E-state index contributed by atoms with van der Waals surface area (Å²) in [7, 11) is 0. The number of nitrogens with two attached hydrogens (primary N) is 1. The Kier molecular flexibility index (Phi) is 3.80. The van der Waals surface area contributed by atoms with Crippen molar-refractivity contribution in [3.63, 3.8) is 0 Å². The summed E-state index contributed by atoms with van der Waals surface area (Å²) in [6.07, 6.45) is 0.936. The number of nitrogens with one attached hydrogen (secondary N) is 1. The molecule has 0 aliphatic carbocycles. The van der Waals surface area contributed by atoms with E-state index in [1.54, 1.807) is 12.1 Å². The highest BCUT2D eigenvalue weighted by Crippen LogP contribution is 2.14. The van der Waals surface area contributed by atoms with Crippen molar-refractivity contribution >= 4 is 17.4 Å². The number of pyridine rings is 1. The Morgan fingerprint density at radius 1 is 1.32 bits per heavy atom. The van der Waals surface area contributed by atoms with Gasteiger partial charge in [0.15, 0.2) is 0 Å². The highest BCUT2D eigenvalue weighted by atomic mass is 16.1. The number of aryl methyl sites for hydroxylation is 2. The molecule has 19 heavy (non-hydrogen) atoms. The van der Waals surface area contributed by atoms with Crippen LogP contribution in [0, 0.1) is 6.92 Å². The second kappa shape index (κ2) is 5.52. The SMILES string of the molecule is CCc1cccc(NC(=O)c2cc(C)nc(N)c2)c1. The van der Waals surface area contributed by atoms with Crippen molar-refractivity contribution in [1.82, 2.24) is 4.98 Å². The first-order valence-electron chi connectivity index (χ1n) is 6.23. The van der Waals surface area contributed by atoms with E-state index in [-0.39, 0.29) is 5.91 Å². The zero-order chi connectivity index (χ0) is 13.8. The van der Waals surface area contributed by atoms with Gasteiger partial charge >= 0.3 is 0 Å². The smallest absolute Gasteiger partial charge is 0.255 e. The predicted molar refractivity (Wildman–Crippen MR) is 77.2 cm³/mol. The number of carbonyl (C=O) groups is 1. The molecular weight excluding hydrogens is 238 g/mol. The lowest BCUT2D eigenvalue weighted by atomic mass is 10.1. The zero-order valence-corrected chi connectivity index (χ0v) is 11.1. The van der Waals surface area contributed by atoms with E-state index in [0.717, 1.165) is 17.8 Å². The first-order valence-corrected chi connectivity index (χ1v) is 6.23. The number of amides is 1. The van der Waals surface area contributed by atoms with Crippen molar-refractivity contribution in [2.24, 2.45) is 0 Å². The minimum absolute atomic E-state index is 0.176. The monoisotopic (exact) mass is 255 g/mol.